The van der Waals surface area contributed by atoms with Gasteiger partial charge in [-0.3, -0.25) is 4.48 Å². The van der Waals surface area contributed by atoms with Crippen molar-refractivity contribution in [1.29, 1.82) is 0 Å². The maximum absolute atomic E-state index is 10.1. The molecule has 1 aliphatic heterocycles. The number of nitrogens with zero attached hydrogens (tertiary/aromatic N) is 2. The quantitative estimate of drug-likeness (QED) is 0.387. The summed E-state index contributed by atoms with van der Waals surface area (Å²) < 4.78 is 0.707. The molecule has 3 nitrogen and oxygen atoms in total. The Labute approximate surface area is 118 Å². The van der Waals surface area contributed by atoms with Crippen LogP contribution in [-0.2, 0) is 0 Å². The zero-order valence-corrected chi connectivity index (χ0v) is 12.9. The topological polar surface area (TPSA) is 32.6 Å². The molecule has 0 aliphatic carbocycles. The second-order valence-electron chi connectivity index (χ2n) is 5.53. The number of aliphatic hydroxyl groups excluding tert-OH is 1. The summed E-state index contributed by atoms with van der Waals surface area (Å²) in [4.78, 5) is 4.65. The molecule has 0 aromatic carbocycles. The zero-order chi connectivity index (χ0) is 14.1. The van der Waals surface area contributed by atoms with Crippen LogP contribution in [0, 0.1) is 0 Å². The van der Waals surface area contributed by atoms with Gasteiger partial charge in [-0.25, -0.2) is 4.99 Å². The van der Waals surface area contributed by atoms with Crippen molar-refractivity contribution in [2.24, 2.45) is 4.99 Å². The molecule has 1 aliphatic rings. The van der Waals surface area contributed by atoms with Crippen LogP contribution in [0.1, 0.15) is 59.3 Å². The Balaban J connectivity index is 2.28. The number of hydrogen-bond acceptors (Lipinski definition) is 2. The van der Waals surface area contributed by atoms with Crippen molar-refractivity contribution in [2.75, 3.05) is 19.6 Å². The molecule has 0 saturated carbocycles. The zero-order valence-electron chi connectivity index (χ0n) is 12.9. The molecule has 110 valence electrons. The van der Waals surface area contributed by atoms with Gasteiger partial charge in [0.25, 0.3) is 0 Å². The van der Waals surface area contributed by atoms with E-state index in [1.165, 1.54) is 37.9 Å². The molecule has 2 unspecified atom stereocenters. The van der Waals surface area contributed by atoms with Crippen LogP contribution in [0.4, 0.5) is 0 Å². The molecule has 0 aromatic heterocycles. The number of aliphatic imine (C=N–C) groups is 1. The Bertz CT molecular complexity index is 310. The second kappa shape index (κ2) is 8.49. The van der Waals surface area contributed by atoms with Crippen LogP contribution in [0.5, 0.6) is 0 Å². The summed E-state index contributed by atoms with van der Waals surface area (Å²) in [5.41, 5.74) is 0. The monoisotopic (exact) mass is 267 g/mol. The average molecular weight is 267 g/mol. The molecule has 1 heterocycles. The van der Waals surface area contributed by atoms with Gasteiger partial charge in [0.1, 0.15) is 6.54 Å². The smallest absolute Gasteiger partial charge is 0.200 e. The first-order valence-electron chi connectivity index (χ1n) is 7.87. The Morgan fingerprint density at radius 3 is 2.68 bits per heavy atom. The standard InChI is InChI=1S/C16H31N2O/c1-4-6-7-8-9-10-11-12-16-17-13-14-18(16,5-2)15(3)19/h4,6,15,19H,5,7-14H2,1-3H3/q+1/b6-4+. The van der Waals surface area contributed by atoms with E-state index in [-0.39, 0.29) is 6.23 Å². The van der Waals surface area contributed by atoms with Crippen molar-refractivity contribution >= 4 is 5.84 Å². The van der Waals surface area contributed by atoms with Crippen LogP contribution < -0.4 is 0 Å². The predicted octanol–water partition coefficient (Wildman–Crippen LogP) is 3.49. The van der Waals surface area contributed by atoms with Gasteiger partial charge < -0.3 is 5.11 Å². The van der Waals surface area contributed by atoms with E-state index >= 15 is 0 Å². The first-order chi connectivity index (χ1) is 9.17. The molecule has 3 heteroatoms. The van der Waals surface area contributed by atoms with E-state index in [4.69, 9.17) is 0 Å². The molecule has 0 amide bonds. The highest BCUT2D eigenvalue weighted by molar-refractivity contribution is 5.76. The SMILES string of the molecule is C/C=C/CCCCCCC1=NCC[N+]1(CC)C(C)O. The van der Waals surface area contributed by atoms with Gasteiger partial charge in [0, 0.05) is 13.3 Å². The van der Waals surface area contributed by atoms with Crippen LogP contribution in [0.25, 0.3) is 0 Å². The largest absolute Gasteiger partial charge is 0.345 e. The minimum Gasteiger partial charge on any atom is -0.345 e. The molecule has 1 N–H and O–H groups in total. The molecule has 2 atom stereocenters. The normalized spacial score (nSPS) is 24.9. The maximum atomic E-state index is 10.1. The van der Waals surface area contributed by atoms with E-state index in [9.17, 15) is 5.11 Å². The van der Waals surface area contributed by atoms with Crippen molar-refractivity contribution < 1.29 is 9.59 Å². The van der Waals surface area contributed by atoms with Gasteiger partial charge in [-0.05, 0) is 33.1 Å². The van der Waals surface area contributed by atoms with Crippen LogP contribution >= 0.6 is 0 Å². The van der Waals surface area contributed by atoms with Gasteiger partial charge in [-0.1, -0.05) is 25.0 Å². The van der Waals surface area contributed by atoms with Gasteiger partial charge in [0.15, 0.2) is 6.23 Å². The van der Waals surface area contributed by atoms with Crippen LogP contribution in [0.3, 0.4) is 0 Å². The number of quaternary nitrogens is 1. The van der Waals surface area contributed by atoms with E-state index < -0.39 is 0 Å². The van der Waals surface area contributed by atoms with Crippen molar-refractivity contribution in [1.82, 2.24) is 0 Å². The summed E-state index contributed by atoms with van der Waals surface area (Å²) in [6, 6.07) is 0. The number of aliphatic hydroxyl groups is 1. The minimum atomic E-state index is -0.319. The Morgan fingerprint density at radius 1 is 1.32 bits per heavy atom. The van der Waals surface area contributed by atoms with E-state index in [1.54, 1.807) is 0 Å². The summed E-state index contributed by atoms with van der Waals surface area (Å²) in [5, 5.41) is 10.1. The van der Waals surface area contributed by atoms with Gasteiger partial charge in [0.2, 0.25) is 5.84 Å². The lowest BCUT2D eigenvalue weighted by Crippen LogP contribution is -2.56. The van der Waals surface area contributed by atoms with Gasteiger partial charge >= 0.3 is 0 Å². The number of likely N-dealkylation sites (N-methyl/N-ethyl adjacent to an activating group) is 1. The van der Waals surface area contributed by atoms with Crippen molar-refractivity contribution in [3.8, 4) is 0 Å². The summed E-state index contributed by atoms with van der Waals surface area (Å²) >= 11 is 0. The van der Waals surface area contributed by atoms with E-state index in [0.29, 0.717) is 4.48 Å². The first-order valence-corrected chi connectivity index (χ1v) is 7.87. The molecular formula is C16H31N2O+. The Hall–Kier alpha value is -0.670. The first kappa shape index (κ1) is 16.4. The molecule has 0 aromatic rings. The molecule has 0 bridgehead atoms. The highest BCUT2D eigenvalue weighted by atomic mass is 16.3. The summed E-state index contributed by atoms with van der Waals surface area (Å²) in [7, 11) is 0. The van der Waals surface area contributed by atoms with Crippen molar-refractivity contribution in [3.63, 3.8) is 0 Å². The van der Waals surface area contributed by atoms with Gasteiger partial charge in [0.05, 0.1) is 13.1 Å². The number of amidine groups is 1. The van der Waals surface area contributed by atoms with Crippen LogP contribution in [0.2, 0.25) is 0 Å². The fourth-order valence-electron chi connectivity index (χ4n) is 3.00. The van der Waals surface area contributed by atoms with Crippen LogP contribution in [-0.4, -0.2) is 41.3 Å². The third kappa shape index (κ3) is 4.43. The fraction of sp³-hybridized carbons (Fsp3) is 0.812. The lowest BCUT2D eigenvalue weighted by atomic mass is 10.1. The molecular weight excluding hydrogens is 236 g/mol. The molecule has 0 spiro atoms. The second-order valence-corrected chi connectivity index (χ2v) is 5.53. The number of rotatable bonds is 9. The van der Waals surface area contributed by atoms with Crippen LogP contribution in [0.15, 0.2) is 17.1 Å². The average Bonchev–Trinajstić information content (AvgIpc) is 2.82. The highest BCUT2D eigenvalue weighted by Gasteiger charge is 2.40. The lowest BCUT2D eigenvalue weighted by Gasteiger charge is -2.36. The lowest BCUT2D eigenvalue weighted by molar-refractivity contribution is -0.882. The number of unbranched alkanes of at least 4 members (excludes halogenated alkanes) is 4. The third-order valence-electron chi connectivity index (χ3n) is 4.34. The molecule has 0 saturated heterocycles. The molecule has 1 rings (SSSR count). The van der Waals surface area contributed by atoms with Gasteiger partial charge in [-0.15, -0.1) is 0 Å². The Morgan fingerprint density at radius 2 is 2.05 bits per heavy atom. The highest BCUT2D eigenvalue weighted by Crippen LogP contribution is 2.22. The van der Waals surface area contributed by atoms with E-state index in [2.05, 4.69) is 31.0 Å². The molecule has 0 fully saturated rings. The maximum Gasteiger partial charge on any atom is 0.200 e. The van der Waals surface area contributed by atoms with Crippen molar-refractivity contribution in [2.45, 2.75) is 65.5 Å². The number of hydrogen-bond donors (Lipinski definition) is 1. The molecule has 0 radical (unpaired) electrons. The van der Waals surface area contributed by atoms with Gasteiger partial charge in [-0.2, -0.15) is 0 Å². The van der Waals surface area contributed by atoms with Crippen molar-refractivity contribution in [3.05, 3.63) is 12.2 Å². The number of allylic oxidation sites excluding steroid dienone is 2. The predicted molar refractivity (Wildman–Crippen MR) is 82.2 cm³/mol. The fourth-order valence-corrected chi connectivity index (χ4v) is 3.00. The molecule has 19 heavy (non-hydrogen) atoms. The third-order valence-corrected chi connectivity index (χ3v) is 4.34. The summed E-state index contributed by atoms with van der Waals surface area (Å²) in [5.74, 6) is 1.23. The minimum absolute atomic E-state index is 0.319. The van der Waals surface area contributed by atoms with E-state index in [0.717, 1.165) is 26.1 Å². The summed E-state index contributed by atoms with van der Waals surface area (Å²) in [6.07, 6.45) is 11.4. The Kier molecular flexibility index (Phi) is 7.32. The van der Waals surface area contributed by atoms with E-state index in [1.807, 2.05) is 6.92 Å². The summed E-state index contributed by atoms with van der Waals surface area (Å²) in [6.45, 7) is 8.96.